The molecule has 2 amide bonds. The smallest absolute Gasteiger partial charge is 0.251 e. The Kier molecular flexibility index (Phi) is 5.30. The van der Waals surface area contributed by atoms with Crippen molar-refractivity contribution in [3.8, 4) is 0 Å². The number of carbonyl (C=O) groups excluding carboxylic acids is 3. The van der Waals surface area contributed by atoms with Gasteiger partial charge in [-0.05, 0) is 57.0 Å². The van der Waals surface area contributed by atoms with Crippen LogP contribution in [0, 0.1) is 0 Å². The van der Waals surface area contributed by atoms with Gasteiger partial charge in [-0.25, -0.2) is 4.90 Å². The maximum Gasteiger partial charge on any atom is 0.251 e. The second-order valence-electron chi connectivity index (χ2n) is 6.79. The highest BCUT2D eigenvalue weighted by Crippen LogP contribution is 2.30. The van der Waals surface area contributed by atoms with Crippen LogP contribution in [0.2, 0.25) is 0 Å². The normalized spacial score (nSPS) is 24.8. The molecule has 2 atom stereocenters. The van der Waals surface area contributed by atoms with Crippen LogP contribution < -0.4 is 4.90 Å². The molecule has 1 aromatic rings. The molecule has 3 rings (SSSR count). The highest BCUT2D eigenvalue weighted by molar-refractivity contribution is 6.22. The molecule has 1 aromatic carbocycles. The summed E-state index contributed by atoms with van der Waals surface area (Å²) >= 11 is 0. The Bertz CT molecular complexity index is 669. The molecule has 2 fully saturated rings. The number of aliphatic hydroxyl groups excluding tert-OH is 1. The highest BCUT2D eigenvalue weighted by Gasteiger charge is 2.44. The van der Waals surface area contributed by atoms with Crippen LogP contribution in [0.15, 0.2) is 24.3 Å². The van der Waals surface area contributed by atoms with Crippen molar-refractivity contribution in [1.29, 1.82) is 0 Å². The Morgan fingerprint density at radius 3 is 2.56 bits per heavy atom. The number of hydrogen-bond donors (Lipinski definition) is 1. The van der Waals surface area contributed by atoms with Crippen LogP contribution in [-0.4, -0.2) is 52.8 Å². The zero-order valence-electron chi connectivity index (χ0n) is 14.5. The van der Waals surface area contributed by atoms with Crippen LogP contribution in [0.4, 0.5) is 5.69 Å². The van der Waals surface area contributed by atoms with Crippen LogP contribution >= 0.6 is 0 Å². The predicted octanol–water partition coefficient (Wildman–Crippen LogP) is 1.76. The van der Waals surface area contributed by atoms with E-state index in [9.17, 15) is 19.5 Å². The molecule has 2 unspecified atom stereocenters. The molecule has 0 bridgehead atoms. The largest absolute Gasteiger partial charge is 0.396 e. The summed E-state index contributed by atoms with van der Waals surface area (Å²) in [7, 11) is 0. The van der Waals surface area contributed by atoms with E-state index in [4.69, 9.17) is 0 Å². The molecule has 2 aliphatic heterocycles. The molecule has 2 heterocycles. The van der Waals surface area contributed by atoms with E-state index in [0.29, 0.717) is 17.7 Å². The number of anilines is 1. The first-order valence-corrected chi connectivity index (χ1v) is 8.87. The van der Waals surface area contributed by atoms with E-state index in [1.54, 1.807) is 24.3 Å². The van der Waals surface area contributed by atoms with Gasteiger partial charge in [-0.2, -0.15) is 0 Å². The number of Topliss-reactive ketones (excluding diaryl/α,β-unsaturated/α-hetero) is 1. The molecule has 2 aliphatic rings. The summed E-state index contributed by atoms with van der Waals surface area (Å²) in [5, 5.41) is 9.28. The highest BCUT2D eigenvalue weighted by atomic mass is 16.3. The van der Waals surface area contributed by atoms with Crippen LogP contribution in [0.3, 0.4) is 0 Å². The zero-order chi connectivity index (χ0) is 18.0. The molecule has 0 aromatic heterocycles. The van der Waals surface area contributed by atoms with Crippen LogP contribution in [-0.2, 0) is 9.59 Å². The lowest BCUT2D eigenvalue weighted by Gasteiger charge is -2.38. The fourth-order valence-corrected chi connectivity index (χ4v) is 3.88. The van der Waals surface area contributed by atoms with Crippen LogP contribution in [0.1, 0.15) is 49.4 Å². The molecule has 25 heavy (non-hydrogen) atoms. The fourth-order valence-electron chi connectivity index (χ4n) is 3.88. The standard InChI is InChI=1S/C19H24N2O4/c1-13(23)14-5-7-16(8-6-14)21-18(24)12-17(19(21)25)20-10-3-2-4-15(20)9-11-22/h5-8,15,17,22H,2-4,9-12H2,1H3. The average Bonchev–Trinajstić information content (AvgIpc) is 2.90. The minimum absolute atomic E-state index is 0.0522. The van der Waals surface area contributed by atoms with Crippen molar-refractivity contribution in [2.45, 2.75) is 51.1 Å². The van der Waals surface area contributed by atoms with Crippen molar-refractivity contribution in [2.75, 3.05) is 18.1 Å². The monoisotopic (exact) mass is 344 g/mol. The molecule has 0 saturated carbocycles. The van der Waals surface area contributed by atoms with Gasteiger partial charge in [-0.15, -0.1) is 0 Å². The SMILES string of the molecule is CC(=O)c1ccc(N2C(=O)CC(N3CCCCC3CCO)C2=O)cc1. The van der Waals surface area contributed by atoms with E-state index in [0.717, 1.165) is 25.8 Å². The first kappa shape index (κ1) is 17.8. The molecule has 6 nitrogen and oxygen atoms in total. The van der Waals surface area contributed by atoms with Crippen molar-refractivity contribution in [3.63, 3.8) is 0 Å². The number of rotatable bonds is 5. The van der Waals surface area contributed by atoms with E-state index in [2.05, 4.69) is 4.90 Å². The molecular formula is C19H24N2O4. The van der Waals surface area contributed by atoms with Gasteiger partial charge in [0.05, 0.1) is 18.2 Å². The van der Waals surface area contributed by atoms with Gasteiger partial charge >= 0.3 is 0 Å². The number of aliphatic hydroxyl groups is 1. The summed E-state index contributed by atoms with van der Waals surface area (Å²) in [5.74, 6) is -0.465. The Hall–Kier alpha value is -2.05. The average molecular weight is 344 g/mol. The number of benzene rings is 1. The van der Waals surface area contributed by atoms with Crippen molar-refractivity contribution < 1.29 is 19.5 Å². The van der Waals surface area contributed by atoms with Gasteiger partial charge in [-0.1, -0.05) is 6.42 Å². The summed E-state index contributed by atoms with van der Waals surface area (Å²) < 4.78 is 0. The quantitative estimate of drug-likeness (QED) is 0.650. The topological polar surface area (TPSA) is 77.9 Å². The second kappa shape index (κ2) is 7.45. The van der Waals surface area contributed by atoms with E-state index < -0.39 is 6.04 Å². The lowest BCUT2D eigenvalue weighted by molar-refractivity contribution is -0.123. The number of carbonyl (C=O) groups is 3. The molecule has 1 N–H and O–H groups in total. The van der Waals surface area contributed by atoms with Gasteiger partial charge in [0.2, 0.25) is 5.91 Å². The first-order valence-electron chi connectivity index (χ1n) is 8.87. The van der Waals surface area contributed by atoms with Crippen molar-refractivity contribution in [1.82, 2.24) is 4.90 Å². The van der Waals surface area contributed by atoms with E-state index in [1.165, 1.54) is 11.8 Å². The summed E-state index contributed by atoms with van der Waals surface area (Å²) in [5.41, 5.74) is 1.07. The van der Waals surface area contributed by atoms with Gasteiger partial charge in [0.25, 0.3) is 5.91 Å². The second-order valence-corrected chi connectivity index (χ2v) is 6.79. The summed E-state index contributed by atoms with van der Waals surface area (Å²) in [6, 6.07) is 6.28. The summed E-state index contributed by atoms with van der Waals surface area (Å²) in [4.78, 5) is 40.1. The Morgan fingerprint density at radius 2 is 1.92 bits per heavy atom. The van der Waals surface area contributed by atoms with Crippen LogP contribution in [0.25, 0.3) is 0 Å². The number of amides is 2. The minimum Gasteiger partial charge on any atom is -0.396 e. The van der Waals surface area contributed by atoms with E-state index >= 15 is 0 Å². The van der Waals surface area contributed by atoms with Crippen LogP contribution in [0.5, 0.6) is 0 Å². The summed E-state index contributed by atoms with van der Waals surface area (Å²) in [6.07, 6.45) is 3.85. The van der Waals surface area contributed by atoms with E-state index in [1.807, 2.05) is 0 Å². The number of nitrogens with zero attached hydrogens (tertiary/aromatic N) is 2. The van der Waals surface area contributed by atoms with Gasteiger partial charge in [0, 0.05) is 18.2 Å². The molecular weight excluding hydrogens is 320 g/mol. The maximum absolute atomic E-state index is 12.9. The van der Waals surface area contributed by atoms with Gasteiger partial charge in [0.1, 0.15) is 0 Å². The third kappa shape index (κ3) is 3.50. The fraction of sp³-hybridized carbons (Fsp3) is 0.526. The molecule has 2 saturated heterocycles. The van der Waals surface area contributed by atoms with Gasteiger partial charge in [-0.3, -0.25) is 19.3 Å². The lowest BCUT2D eigenvalue weighted by atomic mass is 9.97. The molecule has 0 aliphatic carbocycles. The number of hydrogen-bond acceptors (Lipinski definition) is 5. The summed E-state index contributed by atoms with van der Waals surface area (Å²) in [6.45, 7) is 2.35. The van der Waals surface area contributed by atoms with Gasteiger partial charge < -0.3 is 5.11 Å². The Morgan fingerprint density at radius 1 is 1.20 bits per heavy atom. The van der Waals surface area contributed by atoms with E-state index in [-0.39, 0.29) is 36.7 Å². The van der Waals surface area contributed by atoms with Crippen molar-refractivity contribution in [3.05, 3.63) is 29.8 Å². The molecule has 134 valence electrons. The molecule has 0 radical (unpaired) electrons. The molecule has 0 spiro atoms. The van der Waals surface area contributed by atoms with Crippen molar-refractivity contribution >= 4 is 23.3 Å². The number of imide groups is 1. The predicted molar refractivity (Wildman–Crippen MR) is 93.4 cm³/mol. The minimum atomic E-state index is -0.447. The Labute approximate surface area is 147 Å². The first-order chi connectivity index (χ1) is 12.0. The number of piperidine rings is 1. The van der Waals surface area contributed by atoms with Crippen molar-refractivity contribution in [2.24, 2.45) is 0 Å². The Balaban J connectivity index is 1.80. The zero-order valence-corrected chi connectivity index (χ0v) is 14.5. The molecule has 6 heteroatoms. The lowest BCUT2D eigenvalue weighted by Crippen LogP contribution is -2.50. The number of ketones is 1. The third-order valence-corrected chi connectivity index (χ3v) is 5.19. The van der Waals surface area contributed by atoms with Gasteiger partial charge in [0.15, 0.2) is 5.78 Å². The third-order valence-electron chi connectivity index (χ3n) is 5.19. The number of likely N-dealkylation sites (tertiary alicyclic amines) is 1. The maximum atomic E-state index is 12.9.